The molecule has 1 aromatic carbocycles. The molecule has 2 rings (SSSR count). The molecule has 2 aromatic rings. The second-order valence-electron chi connectivity index (χ2n) is 4.98. The van der Waals surface area contributed by atoms with Crippen LogP contribution in [-0.4, -0.2) is 6.54 Å². The van der Waals surface area contributed by atoms with E-state index in [1.807, 2.05) is 11.3 Å². The highest BCUT2D eigenvalue weighted by atomic mass is 32.1. The number of thiophene rings is 1. The van der Waals surface area contributed by atoms with Crippen molar-refractivity contribution in [1.82, 2.24) is 0 Å². The van der Waals surface area contributed by atoms with Gasteiger partial charge in [0.25, 0.3) is 0 Å². The quantitative estimate of drug-likeness (QED) is 0.810. The average Bonchev–Trinajstić information content (AvgIpc) is 2.81. The van der Waals surface area contributed by atoms with Crippen molar-refractivity contribution in [3.05, 3.63) is 51.7 Å². The number of hydrogen-bond donors (Lipinski definition) is 1. The Morgan fingerprint density at radius 3 is 2.67 bits per heavy atom. The number of anilines is 1. The van der Waals surface area contributed by atoms with Crippen LogP contribution in [0.3, 0.4) is 0 Å². The molecule has 96 valence electrons. The Morgan fingerprint density at radius 1 is 1.22 bits per heavy atom. The molecule has 0 fully saturated rings. The smallest absolute Gasteiger partial charge is 0.0343 e. The molecule has 0 aliphatic carbocycles. The lowest BCUT2D eigenvalue weighted by molar-refractivity contribution is 0.856. The second kappa shape index (κ2) is 6.05. The Kier molecular flexibility index (Phi) is 4.43. The third kappa shape index (κ3) is 3.36. The normalized spacial score (nSPS) is 10.9. The zero-order valence-corrected chi connectivity index (χ0v) is 12.2. The molecule has 0 aliphatic heterocycles. The summed E-state index contributed by atoms with van der Waals surface area (Å²) in [6.07, 6.45) is 1.10. The average molecular weight is 259 g/mol. The molecule has 1 aromatic heterocycles. The van der Waals surface area contributed by atoms with Crippen molar-refractivity contribution >= 4 is 17.0 Å². The van der Waals surface area contributed by atoms with E-state index in [0.29, 0.717) is 5.92 Å². The van der Waals surface area contributed by atoms with E-state index < -0.39 is 0 Å². The molecule has 0 bridgehead atoms. The summed E-state index contributed by atoms with van der Waals surface area (Å²) in [6.45, 7) is 7.68. The van der Waals surface area contributed by atoms with Crippen LogP contribution >= 0.6 is 11.3 Å². The van der Waals surface area contributed by atoms with Gasteiger partial charge in [-0.3, -0.25) is 0 Å². The third-order valence-corrected chi connectivity index (χ3v) is 4.11. The molecule has 0 spiro atoms. The van der Waals surface area contributed by atoms with E-state index in [4.69, 9.17) is 0 Å². The van der Waals surface area contributed by atoms with Gasteiger partial charge in [0.2, 0.25) is 0 Å². The highest BCUT2D eigenvalue weighted by Crippen LogP contribution is 2.22. The molecule has 0 unspecified atom stereocenters. The fourth-order valence-electron chi connectivity index (χ4n) is 2.22. The standard InChI is InChI=1S/C16H21NS/c1-12(2)16-7-6-14(11-13(16)3)17-9-8-15-5-4-10-18-15/h4-7,10-12,17H,8-9H2,1-3H3. The fourth-order valence-corrected chi connectivity index (χ4v) is 2.93. The van der Waals surface area contributed by atoms with Crippen molar-refractivity contribution in [2.75, 3.05) is 11.9 Å². The van der Waals surface area contributed by atoms with Gasteiger partial charge >= 0.3 is 0 Å². The first-order valence-corrected chi connectivity index (χ1v) is 7.41. The van der Waals surface area contributed by atoms with Crippen LogP contribution in [0.5, 0.6) is 0 Å². The summed E-state index contributed by atoms with van der Waals surface area (Å²) in [7, 11) is 0. The first-order chi connectivity index (χ1) is 8.66. The van der Waals surface area contributed by atoms with E-state index in [1.54, 1.807) is 0 Å². The van der Waals surface area contributed by atoms with E-state index in [-0.39, 0.29) is 0 Å². The van der Waals surface area contributed by atoms with Gasteiger partial charge < -0.3 is 5.32 Å². The summed E-state index contributed by atoms with van der Waals surface area (Å²) in [5, 5.41) is 5.63. The highest BCUT2D eigenvalue weighted by Gasteiger charge is 2.03. The Bertz CT molecular complexity index is 486. The van der Waals surface area contributed by atoms with Crippen LogP contribution in [0.15, 0.2) is 35.7 Å². The monoisotopic (exact) mass is 259 g/mol. The third-order valence-electron chi connectivity index (χ3n) is 3.17. The first kappa shape index (κ1) is 13.2. The van der Waals surface area contributed by atoms with Crippen molar-refractivity contribution < 1.29 is 0 Å². The Balaban J connectivity index is 1.92. The maximum absolute atomic E-state index is 3.50. The number of hydrogen-bond acceptors (Lipinski definition) is 2. The number of benzene rings is 1. The zero-order chi connectivity index (χ0) is 13.0. The van der Waals surface area contributed by atoms with Gasteiger partial charge in [0.15, 0.2) is 0 Å². The van der Waals surface area contributed by atoms with E-state index >= 15 is 0 Å². The van der Waals surface area contributed by atoms with Gasteiger partial charge in [-0.25, -0.2) is 0 Å². The number of rotatable bonds is 5. The van der Waals surface area contributed by atoms with Crippen molar-refractivity contribution in [3.8, 4) is 0 Å². The van der Waals surface area contributed by atoms with Crippen LogP contribution in [0.1, 0.15) is 35.8 Å². The van der Waals surface area contributed by atoms with Crippen molar-refractivity contribution in [2.45, 2.75) is 33.1 Å². The lowest BCUT2D eigenvalue weighted by Gasteiger charge is -2.12. The van der Waals surface area contributed by atoms with Gasteiger partial charge in [-0.15, -0.1) is 11.3 Å². The number of aryl methyl sites for hydroxylation is 1. The molecule has 0 saturated carbocycles. The molecule has 18 heavy (non-hydrogen) atoms. The molecular formula is C16H21NS. The summed E-state index contributed by atoms with van der Waals surface area (Å²) in [6, 6.07) is 11.0. The van der Waals surface area contributed by atoms with Crippen molar-refractivity contribution in [1.29, 1.82) is 0 Å². The van der Waals surface area contributed by atoms with E-state index in [1.165, 1.54) is 21.7 Å². The van der Waals surface area contributed by atoms with Crippen molar-refractivity contribution in [3.63, 3.8) is 0 Å². The summed E-state index contributed by atoms with van der Waals surface area (Å²) in [4.78, 5) is 1.44. The van der Waals surface area contributed by atoms with Gasteiger partial charge in [0, 0.05) is 17.1 Å². The second-order valence-corrected chi connectivity index (χ2v) is 6.01. The van der Waals surface area contributed by atoms with Crippen LogP contribution in [-0.2, 0) is 6.42 Å². The molecule has 0 amide bonds. The summed E-state index contributed by atoms with van der Waals surface area (Å²) in [5.41, 5.74) is 4.05. The van der Waals surface area contributed by atoms with Crippen molar-refractivity contribution in [2.24, 2.45) is 0 Å². The highest BCUT2D eigenvalue weighted by molar-refractivity contribution is 7.09. The maximum Gasteiger partial charge on any atom is 0.0343 e. The minimum atomic E-state index is 0.602. The molecular weight excluding hydrogens is 238 g/mol. The SMILES string of the molecule is Cc1cc(NCCc2cccs2)ccc1C(C)C. The molecule has 1 nitrogen and oxygen atoms in total. The van der Waals surface area contributed by atoms with Gasteiger partial charge in [0.05, 0.1) is 0 Å². The molecule has 1 heterocycles. The van der Waals surface area contributed by atoms with Crippen LogP contribution < -0.4 is 5.32 Å². The van der Waals surface area contributed by atoms with Crippen LogP contribution in [0.25, 0.3) is 0 Å². The number of nitrogens with one attached hydrogen (secondary N) is 1. The van der Waals surface area contributed by atoms with Crippen LogP contribution in [0, 0.1) is 6.92 Å². The topological polar surface area (TPSA) is 12.0 Å². The van der Waals surface area contributed by atoms with E-state index in [0.717, 1.165) is 13.0 Å². The Morgan fingerprint density at radius 2 is 2.06 bits per heavy atom. The molecule has 1 N–H and O–H groups in total. The van der Waals surface area contributed by atoms with Gasteiger partial charge in [-0.2, -0.15) is 0 Å². The first-order valence-electron chi connectivity index (χ1n) is 6.53. The predicted molar refractivity (Wildman–Crippen MR) is 81.8 cm³/mol. The molecule has 0 saturated heterocycles. The largest absolute Gasteiger partial charge is 0.385 e. The summed E-state index contributed by atoms with van der Waals surface area (Å²) in [5.74, 6) is 0.602. The van der Waals surface area contributed by atoms with E-state index in [9.17, 15) is 0 Å². The summed E-state index contributed by atoms with van der Waals surface area (Å²) < 4.78 is 0. The Labute approximate surface area is 114 Å². The van der Waals surface area contributed by atoms with Crippen LogP contribution in [0.2, 0.25) is 0 Å². The van der Waals surface area contributed by atoms with Gasteiger partial charge in [0.1, 0.15) is 0 Å². The zero-order valence-electron chi connectivity index (χ0n) is 11.4. The lowest BCUT2D eigenvalue weighted by Crippen LogP contribution is -2.04. The van der Waals surface area contributed by atoms with Gasteiger partial charge in [-0.05, 0) is 54.0 Å². The predicted octanol–water partition coefficient (Wildman–Crippen LogP) is 4.83. The molecule has 0 aliphatic rings. The Hall–Kier alpha value is -1.28. The summed E-state index contributed by atoms with van der Waals surface area (Å²) >= 11 is 1.83. The maximum atomic E-state index is 3.50. The molecule has 2 heteroatoms. The van der Waals surface area contributed by atoms with Crippen LogP contribution in [0.4, 0.5) is 5.69 Å². The fraction of sp³-hybridized carbons (Fsp3) is 0.375. The molecule has 0 radical (unpaired) electrons. The lowest BCUT2D eigenvalue weighted by atomic mass is 9.98. The molecule has 0 atom stereocenters. The van der Waals surface area contributed by atoms with Gasteiger partial charge in [-0.1, -0.05) is 26.0 Å². The van der Waals surface area contributed by atoms with E-state index in [2.05, 4.69) is 61.8 Å². The minimum absolute atomic E-state index is 0.602. The minimum Gasteiger partial charge on any atom is -0.385 e.